The molecular weight excluding hydrogens is 290 g/mol. The first-order valence-corrected chi connectivity index (χ1v) is 8.47. The minimum absolute atomic E-state index is 0.243. The van der Waals surface area contributed by atoms with Crippen LogP contribution in [0.5, 0.6) is 5.75 Å². The lowest BCUT2D eigenvalue weighted by molar-refractivity contribution is 0.271. The third-order valence-electron chi connectivity index (χ3n) is 3.90. The van der Waals surface area contributed by atoms with Gasteiger partial charge in [0.2, 0.25) is 0 Å². The van der Waals surface area contributed by atoms with Gasteiger partial charge in [0.1, 0.15) is 5.75 Å². The molecule has 1 saturated heterocycles. The van der Waals surface area contributed by atoms with E-state index in [0.717, 1.165) is 12.8 Å². The molecule has 0 radical (unpaired) electrons. The van der Waals surface area contributed by atoms with Gasteiger partial charge < -0.3 is 10.5 Å². The fourth-order valence-electron chi connectivity index (χ4n) is 2.54. The van der Waals surface area contributed by atoms with Gasteiger partial charge >= 0.3 is 10.2 Å². The molecule has 2 N–H and O–H groups in total. The highest BCUT2D eigenvalue weighted by Crippen LogP contribution is 2.26. The third-order valence-corrected chi connectivity index (χ3v) is 5.79. The van der Waals surface area contributed by atoms with Crippen molar-refractivity contribution in [2.45, 2.75) is 12.8 Å². The summed E-state index contributed by atoms with van der Waals surface area (Å²) in [7, 11) is -0.402. The molecule has 7 heteroatoms. The van der Waals surface area contributed by atoms with E-state index in [2.05, 4.69) is 0 Å². The van der Waals surface area contributed by atoms with Gasteiger partial charge in [0, 0.05) is 26.2 Å². The van der Waals surface area contributed by atoms with Crippen molar-refractivity contribution in [3.8, 4) is 5.75 Å². The summed E-state index contributed by atoms with van der Waals surface area (Å²) in [5, 5.41) is 0. The Kier molecular flexibility index (Phi) is 5.08. The van der Waals surface area contributed by atoms with Crippen molar-refractivity contribution < 1.29 is 13.2 Å². The van der Waals surface area contributed by atoms with E-state index < -0.39 is 10.2 Å². The molecule has 1 aliphatic rings. The van der Waals surface area contributed by atoms with Crippen LogP contribution in [0.1, 0.15) is 12.8 Å². The van der Waals surface area contributed by atoms with Crippen LogP contribution in [0, 0.1) is 5.92 Å². The number of nitrogens with zero attached hydrogens (tertiary/aromatic N) is 2. The van der Waals surface area contributed by atoms with Crippen LogP contribution in [0.2, 0.25) is 0 Å². The molecular formula is C14H23N3O3S. The first-order chi connectivity index (χ1) is 9.98. The van der Waals surface area contributed by atoms with Crippen LogP contribution >= 0.6 is 0 Å². The van der Waals surface area contributed by atoms with Gasteiger partial charge in [0.15, 0.2) is 0 Å². The number of benzene rings is 1. The quantitative estimate of drug-likeness (QED) is 0.881. The van der Waals surface area contributed by atoms with E-state index >= 15 is 0 Å². The van der Waals surface area contributed by atoms with Crippen LogP contribution in [0.4, 0.5) is 5.69 Å². The summed E-state index contributed by atoms with van der Waals surface area (Å²) >= 11 is 0. The molecule has 0 bridgehead atoms. The summed E-state index contributed by atoms with van der Waals surface area (Å²) < 4.78 is 33.4. The van der Waals surface area contributed by atoms with E-state index in [-0.39, 0.29) is 5.92 Å². The first kappa shape index (κ1) is 16.1. The zero-order valence-electron chi connectivity index (χ0n) is 12.5. The molecule has 1 aromatic carbocycles. The number of ether oxygens (including phenoxy) is 1. The zero-order valence-corrected chi connectivity index (χ0v) is 13.3. The highest BCUT2D eigenvalue weighted by atomic mass is 32.2. The van der Waals surface area contributed by atoms with Crippen molar-refractivity contribution >= 4 is 15.9 Å². The second kappa shape index (κ2) is 6.64. The van der Waals surface area contributed by atoms with Gasteiger partial charge in [-0.25, -0.2) is 0 Å². The summed E-state index contributed by atoms with van der Waals surface area (Å²) in [5.41, 5.74) is 6.27. The smallest absolute Gasteiger partial charge is 0.303 e. The van der Waals surface area contributed by atoms with Crippen LogP contribution in [0.25, 0.3) is 0 Å². The van der Waals surface area contributed by atoms with Gasteiger partial charge in [-0.2, -0.15) is 12.7 Å². The predicted octanol–water partition coefficient (Wildman–Crippen LogP) is 1.05. The molecule has 0 aliphatic carbocycles. The van der Waals surface area contributed by atoms with Gasteiger partial charge in [-0.3, -0.25) is 4.31 Å². The van der Waals surface area contributed by atoms with Crippen molar-refractivity contribution in [3.05, 3.63) is 24.3 Å². The maximum Gasteiger partial charge on any atom is 0.303 e. The average molecular weight is 313 g/mol. The molecule has 1 aromatic rings. The molecule has 2 rings (SSSR count). The molecule has 1 aliphatic heterocycles. The number of methoxy groups -OCH3 is 1. The second-order valence-electron chi connectivity index (χ2n) is 5.28. The van der Waals surface area contributed by atoms with Gasteiger partial charge in [-0.05, 0) is 37.4 Å². The molecule has 0 amide bonds. The van der Waals surface area contributed by atoms with Gasteiger partial charge in [0.25, 0.3) is 0 Å². The molecule has 1 unspecified atom stereocenters. The normalized spacial score (nSPS) is 20.2. The Bertz CT molecular complexity index is 577. The van der Waals surface area contributed by atoms with Gasteiger partial charge in [0.05, 0.1) is 12.8 Å². The van der Waals surface area contributed by atoms with Crippen LogP contribution in [-0.2, 0) is 10.2 Å². The number of hydrogen-bond donors (Lipinski definition) is 1. The SMILES string of the molecule is COc1cccc(N(C)S(=O)(=O)N2CCCC(CN)C2)c1. The molecule has 0 aromatic heterocycles. The van der Waals surface area contributed by atoms with Crippen molar-refractivity contribution in [2.75, 3.05) is 38.1 Å². The summed E-state index contributed by atoms with van der Waals surface area (Å²) in [4.78, 5) is 0. The Balaban J connectivity index is 2.21. The lowest BCUT2D eigenvalue weighted by Crippen LogP contribution is -2.48. The maximum absolute atomic E-state index is 12.7. The highest BCUT2D eigenvalue weighted by Gasteiger charge is 2.31. The molecule has 118 valence electrons. The van der Waals surface area contributed by atoms with E-state index in [4.69, 9.17) is 10.5 Å². The lowest BCUT2D eigenvalue weighted by atomic mass is 10.0. The highest BCUT2D eigenvalue weighted by molar-refractivity contribution is 7.90. The van der Waals surface area contributed by atoms with Crippen molar-refractivity contribution in [2.24, 2.45) is 11.7 Å². The molecule has 0 spiro atoms. The number of hydrogen-bond acceptors (Lipinski definition) is 4. The van der Waals surface area contributed by atoms with E-state index in [1.54, 1.807) is 38.4 Å². The Morgan fingerprint density at radius 1 is 1.48 bits per heavy atom. The Hall–Kier alpha value is -1.31. The number of anilines is 1. The molecule has 1 fully saturated rings. The van der Waals surface area contributed by atoms with E-state index in [1.807, 2.05) is 0 Å². The van der Waals surface area contributed by atoms with Crippen molar-refractivity contribution in [3.63, 3.8) is 0 Å². The molecule has 0 saturated carbocycles. The second-order valence-corrected chi connectivity index (χ2v) is 7.24. The Labute approximate surface area is 126 Å². The largest absolute Gasteiger partial charge is 0.497 e. The Morgan fingerprint density at radius 3 is 2.90 bits per heavy atom. The third kappa shape index (κ3) is 3.48. The van der Waals surface area contributed by atoms with Crippen molar-refractivity contribution in [1.82, 2.24) is 4.31 Å². The maximum atomic E-state index is 12.7. The fraction of sp³-hybridized carbons (Fsp3) is 0.571. The number of nitrogens with two attached hydrogens (primary N) is 1. The summed E-state index contributed by atoms with van der Waals surface area (Å²) in [6.45, 7) is 1.56. The lowest BCUT2D eigenvalue weighted by Gasteiger charge is -2.34. The van der Waals surface area contributed by atoms with E-state index in [9.17, 15) is 8.42 Å². The number of piperidine rings is 1. The average Bonchev–Trinajstić information content (AvgIpc) is 2.54. The van der Waals surface area contributed by atoms with Crippen LogP contribution in [-0.4, -0.2) is 46.5 Å². The van der Waals surface area contributed by atoms with Gasteiger partial charge in [-0.15, -0.1) is 0 Å². The molecule has 6 nitrogen and oxygen atoms in total. The Morgan fingerprint density at radius 2 is 2.24 bits per heavy atom. The molecule has 1 atom stereocenters. The first-order valence-electron chi connectivity index (χ1n) is 7.07. The van der Waals surface area contributed by atoms with Crippen molar-refractivity contribution in [1.29, 1.82) is 0 Å². The molecule has 21 heavy (non-hydrogen) atoms. The molecule has 1 heterocycles. The summed E-state index contributed by atoms with van der Waals surface area (Å²) in [5.74, 6) is 0.875. The predicted molar refractivity (Wildman–Crippen MR) is 83.7 cm³/mol. The van der Waals surface area contributed by atoms with Crippen LogP contribution in [0.15, 0.2) is 24.3 Å². The van der Waals surface area contributed by atoms with E-state index in [0.29, 0.717) is 31.1 Å². The standard InChI is InChI=1S/C14H23N3O3S/c1-16(13-6-3-7-14(9-13)20-2)21(18,19)17-8-4-5-12(10-15)11-17/h3,6-7,9,12H,4-5,8,10-11,15H2,1-2H3. The monoisotopic (exact) mass is 313 g/mol. The topological polar surface area (TPSA) is 75.9 Å². The van der Waals surface area contributed by atoms with E-state index in [1.165, 1.54) is 8.61 Å². The number of rotatable bonds is 5. The van der Waals surface area contributed by atoms with Crippen LogP contribution in [0.3, 0.4) is 0 Å². The minimum Gasteiger partial charge on any atom is -0.497 e. The summed E-state index contributed by atoms with van der Waals surface area (Å²) in [6.07, 6.45) is 1.85. The van der Waals surface area contributed by atoms with Gasteiger partial charge in [-0.1, -0.05) is 6.07 Å². The minimum atomic E-state index is -3.53. The summed E-state index contributed by atoms with van der Waals surface area (Å²) in [6, 6.07) is 7.03. The van der Waals surface area contributed by atoms with Crippen LogP contribution < -0.4 is 14.8 Å². The zero-order chi connectivity index (χ0) is 15.5. The fourth-order valence-corrected chi connectivity index (χ4v) is 4.03.